The van der Waals surface area contributed by atoms with Gasteiger partial charge in [0.15, 0.2) is 0 Å². The minimum absolute atomic E-state index is 0.274. The number of nitrogens with zero attached hydrogens (tertiary/aromatic N) is 1. The first-order valence-electron chi connectivity index (χ1n) is 8.57. The van der Waals surface area contributed by atoms with Crippen LogP contribution in [0.25, 0.3) is 0 Å². The molecular weight excluding hydrogens is 264 g/mol. The molecule has 124 valence electrons. The number of ether oxygens (including phenoxy) is 1. The molecule has 0 radical (unpaired) electrons. The molecule has 4 nitrogen and oxygen atoms in total. The summed E-state index contributed by atoms with van der Waals surface area (Å²) in [5, 5.41) is 0. The fourth-order valence-electron chi connectivity index (χ4n) is 2.55. The summed E-state index contributed by atoms with van der Waals surface area (Å²) in [6.07, 6.45) is 6.78. The Labute approximate surface area is 130 Å². The minimum Gasteiger partial charge on any atom is -0.465 e. The average molecular weight is 298 g/mol. The second kappa shape index (κ2) is 8.74. The summed E-state index contributed by atoms with van der Waals surface area (Å²) < 4.78 is 5.02. The van der Waals surface area contributed by atoms with Crippen LogP contribution in [0.4, 0.5) is 0 Å². The van der Waals surface area contributed by atoms with Gasteiger partial charge in [-0.15, -0.1) is 0 Å². The highest BCUT2D eigenvalue weighted by atomic mass is 16.5. The molecule has 0 spiro atoms. The van der Waals surface area contributed by atoms with Crippen LogP contribution in [-0.4, -0.2) is 42.1 Å². The van der Waals surface area contributed by atoms with Crippen LogP contribution in [0.3, 0.4) is 0 Å². The standard InChI is InChI=1S/C17H34N2O2/c1-5-21-16(20)17(4,18)11-6-7-12-19(15-8-9-15)13-10-14(2)3/h14-15H,5-13,18H2,1-4H3. The lowest BCUT2D eigenvalue weighted by Gasteiger charge is -2.25. The van der Waals surface area contributed by atoms with Crippen LogP contribution < -0.4 is 5.73 Å². The van der Waals surface area contributed by atoms with Crippen molar-refractivity contribution in [3.8, 4) is 0 Å². The Morgan fingerprint density at radius 3 is 2.52 bits per heavy atom. The van der Waals surface area contributed by atoms with E-state index in [9.17, 15) is 4.79 Å². The summed E-state index contributed by atoms with van der Waals surface area (Å²) >= 11 is 0. The maximum atomic E-state index is 11.7. The van der Waals surface area contributed by atoms with Crippen LogP contribution in [0.15, 0.2) is 0 Å². The molecule has 0 aromatic rings. The van der Waals surface area contributed by atoms with E-state index in [1.807, 2.05) is 6.92 Å². The van der Waals surface area contributed by atoms with E-state index in [4.69, 9.17) is 10.5 Å². The normalized spacial score (nSPS) is 18.0. The number of carbonyl (C=O) groups excluding carboxylic acids is 1. The Morgan fingerprint density at radius 2 is 2.00 bits per heavy atom. The monoisotopic (exact) mass is 298 g/mol. The van der Waals surface area contributed by atoms with Crippen LogP contribution in [0.1, 0.15) is 66.2 Å². The highest BCUT2D eigenvalue weighted by molar-refractivity contribution is 5.79. The molecule has 1 saturated carbocycles. The van der Waals surface area contributed by atoms with Gasteiger partial charge in [-0.25, -0.2) is 0 Å². The molecule has 1 aliphatic carbocycles. The van der Waals surface area contributed by atoms with Crippen molar-refractivity contribution in [2.75, 3.05) is 19.7 Å². The lowest BCUT2D eigenvalue weighted by Crippen LogP contribution is -2.46. The van der Waals surface area contributed by atoms with E-state index >= 15 is 0 Å². The zero-order valence-electron chi connectivity index (χ0n) is 14.4. The van der Waals surface area contributed by atoms with E-state index in [-0.39, 0.29) is 5.97 Å². The second-order valence-corrected chi connectivity index (χ2v) is 7.04. The molecule has 0 bridgehead atoms. The van der Waals surface area contributed by atoms with Gasteiger partial charge in [-0.05, 0) is 71.4 Å². The summed E-state index contributed by atoms with van der Waals surface area (Å²) in [5.74, 6) is 0.492. The van der Waals surface area contributed by atoms with Crippen LogP contribution in [0.5, 0.6) is 0 Å². The molecule has 21 heavy (non-hydrogen) atoms. The molecule has 0 aromatic carbocycles. The molecule has 1 aliphatic rings. The van der Waals surface area contributed by atoms with Crippen LogP contribution in [-0.2, 0) is 9.53 Å². The minimum atomic E-state index is -0.835. The van der Waals surface area contributed by atoms with E-state index in [1.54, 1.807) is 6.92 Å². The van der Waals surface area contributed by atoms with Crippen molar-refractivity contribution in [3.05, 3.63) is 0 Å². The lowest BCUT2D eigenvalue weighted by molar-refractivity contribution is -0.149. The maximum Gasteiger partial charge on any atom is 0.325 e. The number of esters is 1. The van der Waals surface area contributed by atoms with Crippen molar-refractivity contribution in [2.45, 2.75) is 77.8 Å². The van der Waals surface area contributed by atoms with Gasteiger partial charge in [0.25, 0.3) is 0 Å². The number of hydrogen-bond acceptors (Lipinski definition) is 4. The number of carbonyl (C=O) groups is 1. The molecule has 0 aliphatic heterocycles. The number of rotatable bonds is 11. The molecule has 0 aromatic heterocycles. The number of unbranched alkanes of at least 4 members (excludes halogenated alkanes) is 1. The molecule has 2 N–H and O–H groups in total. The molecule has 0 heterocycles. The Bertz CT molecular complexity index is 312. The van der Waals surface area contributed by atoms with Crippen LogP contribution in [0, 0.1) is 5.92 Å². The smallest absolute Gasteiger partial charge is 0.325 e. The second-order valence-electron chi connectivity index (χ2n) is 7.04. The van der Waals surface area contributed by atoms with Gasteiger partial charge in [-0.3, -0.25) is 4.79 Å². The van der Waals surface area contributed by atoms with Crippen LogP contribution >= 0.6 is 0 Å². The Balaban J connectivity index is 2.23. The Morgan fingerprint density at radius 1 is 1.33 bits per heavy atom. The number of hydrogen-bond donors (Lipinski definition) is 1. The predicted molar refractivity (Wildman–Crippen MR) is 87.1 cm³/mol. The first kappa shape index (κ1) is 18.4. The fourth-order valence-corrected chi connectivity index (χ4v) is 2.55. The van der Waals surface area contributed by atoms with Crippen molar-refractivity contribution in [1.29, 1.82) is 0 Å². The van der Waals surface area contributed by atoms with Gasteiger partial charge in [0.05, 0.1) is 6.61 Å². The average Bonchev–Trinajstić information content (AvgIpc) is 3.22. The van der Waals surface area contributed by atoms with Gasteiger partial charge in [0.1, 0.15) is 5.54 Å². The van der Waals surface area contributed by atoms with Gasteiger partial charge in [0.2, 0.25) is 0 Å². The molecule has 4 heteroatoms. The summed E-state index contributed by atoms with van der Waals surface area (Å²) in [4.78, 5) is 14.4. The van der Waals surface area contributed by atoms with E-state index in [0.717, 1.165) is 31.3 Å². The predicted octanol–water partition coefficient (Wildman–Crippen LogP) is 2.95. The van der Waals surface area contributed by atoms with Gasteiger partial charge in [-0.2, -0.15) is 0 Å². The zero-order valence-corrected chi connectivity index (χ0v) is 14.4. The highest BCUT2D eigenvalue weighted by Gasteiger charge is 2.30. The van der Waals surface area contributed by atoms with Crippen molar-refractivity contribution in [1.82, 2.24) is 4.90 Å². The zero-order chi connectivity index (χ0) is 15.9. The number of nitrogens with two attached hydrogens (primary N) is 1. The first-order valence-corrected chi connectivity index (χ1v) is 8.57. The molecule has 1 atom stereocenters. The summed E-state index contributed by atoms with van der Waals surface area (Å²) in [6, 6.07) is 0.818. The third-order valence-electron chi connectivity index (χ3n) is 4.19. The fraction of sp³-hybridized carbons (Fsp3) is 0.941. The topological polar surface area (TPSA) is 55.6 Å². The summed E-state index contributed by atoms with van der Waals surface area (Å²) in [7, 11) is 0. The molecule has 1 rings (SSSR count). The quantitative estimate of drug-likeness (QED) is 0.471. The maximum absolute atomic E-state index is 11.7. The lowest BCUT2D eigenvalue weighted by atomic mass is 9.96. The van der Waals surface area contributed by atoms with Gasteiger partial charge < -0.3 is 15.4 Å². The van der Waals surface area contributed by atoms with E-state index in [1.165, 1.54) is 25.8 Å². The van der Waals surface area contributed by atoms with Crippen molar-refractivity contribution in [2.24, 2.45) is 11.7 Å². The molecule has 0 amide bonds. The van der Waals surface area contributed by atoms with E-state index < -0.39 is 5.54 Å². The SMILES string of the molecule is CCOC(=O)C(C)(N)CCCCN(CCC(C)C)C1CC1. The largest absolute Gasteiger partial charge is 0.465 e. The first-order chi connectivity index (χ1) is 9.86. The van der Waals surface area contributed by atoms with Gasteiger partial charge in [-0.1, -0.05) is 13.8 Å². The van der Waals surface area contributed by atoms with Crippen molar-refractivity contribution >= 4 is 5.97 Å². The third-order valence-corrected chi connectivity index (χ3v) is 4.19. The Kier molecular flexibility index (Phi) is 7.67. The van der Waals surface area contributed by atoms with E-state index in [2.05, 4.69) is 18.7 Å². The molecule has 0 saturated heterocycles. The third kappa shape index (κ3) is 7.28. The molecular formula is C17H34N2O2. The van der Waals surface area contributed by atoms with Gasteiger partial charge in [0, 0.05) is 6.04 Å². The van der Waals surface area contributed by atoms with Gasteiger partial charge >= 0.3 is 5.97 Å². The summed E-state index contributed by atoms with van der Waals surface area (Å²) in [5.41, 5.74) is 5.21. The van der Waals surface area contributed by atoms with Crippen molar-refractivity contribution in [3.63, 3.8) is 0 Å². The van der Waals surface area contributed by atoms with Crippen molar-refractivity contribution < 1.29 is 9.53 Å². The highest BCUT2D eigenvalue weighted by Crippen LogP contribution is 2.28. The summed E-state index contributed by atoms with van der Waals surface area (Å²) in [6.45, 7) is 10.9. The van der Waals surface area contributed by atoms with Crippen LogP contribution in [0.2, 0.25) is 0 Å². The Hall–Kier alpha value is -0.610. The molecule has 1 unspecified atom stereocenters. The van der Waals surface area contributed by atoms with E-state index in [0.29, 0.717) is 13.0 Å². The molecule has 1 fully saturated rings.